The molecule has 1 aromatic carbocycles. The van der Waals surface area contributed by atoms with Gasteiger partial charge in [0.2, 0.25) is 0 Å². The van der Waals surface area contributed by atoms with Crippen LogP contribution in [0.1, 0.15) is 37.3 Å². The van der Waals surface area contributed by atoms with E-state index in [1.807, 2.05) is 6.92 Å². The van der Waals surface area contributed by atoms with Gasteiger partial charge in [-0.15, -0.1) is 0 Å². The fraction of sp³-hybridized carbons (Fsp3) is 0.588. The summed E-state index contributed by atoms with van der Waals surface area (Å²) in [5, 5.41) is 12.6. The number of carboxylic acid groups (broad SMARTS) is 1. The molecule has 116 valence electrons. The normalized spacial score (nSPS) is 21.1. The molecule has 4 nitrogen and oxygen atoms in total. The number of rotatable bonds is 6. The van der Waals surface area contributed by atoms with Crippen molar-refractivity contribution in [1.29, 1.82) is 0 Å². The lowest BCUT2D eigenvalue weighted by atomic mass is 9.94. The summed E-state index contributed by atoms with van der Waals surface area (Å²) in [6.07, 6.45) is 3.22. The molecule has 1 aromatic rings. The second-order valence-corrected chi connectivity index (χ2v) is 5.89. The van der Waals surface area contributed by atoms with Gasteiger partial charge in [0.05, 0.1) is 0 Å². The number of carboxylic acids is 1. The maximum Gasteiger partial charge on any atom is 0.322 e. The number of aliphatic carboxylic acids is 1. The summed E-state index contributed by atoms with van der Waals surface area (Å²) in [5.74, 6) is -0.738. The van der Waals surface area contributed by atoms with Crippen molar-refractivity contribution < 1.29 is 9.90 Å². The SMILES string of the molecule is CCNC(C(=O)O)C1CCCCN1Cc1ccc(C)cc1. The van der Waals surface area contributed by atoms with Crippen LogP contribution in [0.25, 0.3) is 0 Å². The van der Waals surface area contributed by atoms with Crippen LogP contribution in [0.4, 0.5) is 0 Å². The minimum Gasteiger partial charge on any atom is -0.480 e. The lowest BCUT2D eigenvalue weighted by molar-refractivity contribution is -0.142. The van der Waals surface area contributed by atoms with Gasteiger partial charge < -0.3 is 10.4 Å². The molecule has 1 fully saturated rings. The monoisotopic (exact) mass is 290 g/mol. The van der Waals surface area contributed by atoms with Gasteiger partial charge in [-0.1, -0.05) is 43.2 Å². The molecule has 0 saturated carbocycles. The van der Waals surface area contributed by atoms with Gasteiger partial charge in [0, 0.05) is 12.6 Å². The average Bonchev–Trinajstić information content (AvgIpc) is 2.48. The lowest BCUT2D eigenvalue weighted by Gasteiger charge is -2.39. The molecule has 2 rings (SSSR count). The van der Waals surface area contributed by atoms with Crippen molar-refractivity contribution in [2.24, 2.45) is 0 Å². The van der Waals surface area contributed by atoms with Crippen molar-refractivity contribution >= 4 is 5.97 Å². The zero-order chi connectivity index (χ0) is 15.2. The first kappa shape index (κ1) is 16.0. The molecular formula is C17H26N2O2. The highest BCUT2D eigenvalue weighted by atomic mass is 16.4. The van der Waals surface area contributed by atoms with Crippen molar-refractivity contribution in [3.05, 3.63) is 35.4 Å². The van der Waals surface area contributed by atoms with Gasteiger partial charge in [-0.05, 0) is 38.4 Å². The zero-order valence-corrected chi connectivity index (χ0v) is 13.0. The van der Waals surface area contributed by atoms with E-state index in [1.165, 1.54) is 11.1 Å². The molecule has 0 bridgehead atoms. The van der Waals surface area contributed by atoms with Gasteiger partial charge in [-0.3, -0.25) is 9.69 Å². The Morgan fingerprint density at radius 3 is 2.71 bits per heavy atom. The number of nitrogens with one attached hydrogen (secondary N) is 1. The Morgan fingerprint density at radius 1 is 1.38 bits per heavy atom. The summed E-state index contributed by atoms with van der Waals surface area (Å²) in [6.45, 7) is 6.54. The van der Waals surface area contributed by atoms with Crippen LogP contribution in [0, 0.1) is 6.92 Å². The first-order chi connectivity index (χ1) is 10.1. The Hall–Kier alpha value is -1.39. The van der Waals surface area contributed by atoms with Gasteiger partial charge in [-0.2, -0.15) is 0 Å². The number of likely N-dealkylation sites (tertiary alicyclic amines) is 1. The van der Waals surface area contributed by atoms with Crippen LogP contribution in [-0.4, -0.2) is 41.1 Å². The van der Waals surface area contributed by atoms with Crippen molar-refractivity contribution in [2.45, 2.75) is 51.7 Å². The van der Waals surface area contributed by atoms with Crippen molar-refractivity contribution in [3.63, 3.8) is 0 Å². The molecule has 0 spiro atoms. The largest absolute Gasteiger partial charge is 0.480 e. The smallest absolute Gasteiger partial charge is 0.322 e. The fourth-order valence-electron chi connectivity index (χ4n) is 3.13. The number of aryl methyl sites for hydroxylation is 1. The van der Waals surface area contributed by atoms with Gasteiger partial charge in [0.15, 0.2) is 0 Å². The van der Waals surface area contributed by atoms with Crippen LogP contribution in [0.3, 0.4) is 0 Å². The molecule has 1 aliphatic heterocycles. The first-order valence-electron chi connectivity index (χ1n) is 7.87. The van der Waals surface area contributed by atoms with Crippen LogP contribution in [0.2, 0.25) is 0 Å². The standard InChI is InChI=1S/C17H26N2O2/c1-3-18-16(17(20)21)15-6-4-5-11-19(15)12-14-9-7-13(2)8-10-14/h7-10,15-16,18H,3-6,11-12H2,1-2H3,(H,20,21). The quantitative estimate of drug-likeness (QED) is 0.845. The van der Waals surface area contributed by atoms with Crippen molar-refractivity contribution in [3.8, 4) is 0 Å². The predicted octanol–water partition coefficient (Wildman–Crippen LogP) is 2.41. The summed E-state index contributed by atoms with van der Waals surface area (Å²) < 4.78 is 0. The minimum atomic E-state index is -0.738. The third-order valence-corrected chi connectivity index (χ3v) is 4.25. The van der Waals surface area contributed by atoms with Crippen LogP contribution in [0.5, 0.6) is 0 Å². The van der Waals surface area contributed by atoms with E-state index in [0.717, 1.165) is 32.4 Å². The van der Waals surface area contributed by atoms with Crippen LogP contribution < -0.4 is 5.32 Å². The Bertz CT molecular complexity index is 458. The van der Waals surface area contributed by atoms with E-state index in [4.69, 9.17) is 0 Å². The molecule has 0 amide bonds. The van der Waals surface area contributed by atoms with Crippen molar-refractivity contribution in [2.75, 3.05) is 13.1 Å². The number of carbonyl (C=O) groups is 1. The maximum atomic E-state index is 11.5. The molecule has 0 aromatic heterocycles. The van der Waals surface area contributed by atoms with Crippen LogP contribution in [0.15, 0.2) is 24.3 Å². The Labute approximate surface area is 127 Å². The number of benzene rings is 1. The van der Waals surface area contributed by atoms with E-state index >= 15 is 0 Å². The van der Waals surface area contributed by atoms with Gasteiger partial charge >= 0.3 is 5.97 Å². The number of hydrogen-bond acceptors (Lipinski definition) is 3. The van der Waals surface area contributed by atoms with E-state index in [9.17, 15) is 9.90 Å². The molecule has 21 heavy (non-hydrogen) atoms. The number of piperidine rings is 1. The highest BCUT2D eigenvalue weighted by Gasteiger charge is 2.33. The lowest BCUT2D eigenvalue weighted by Crippen LogP contribution is -2.55. The topological polar surface area (TPSA) is 52.6 Å². The van der Waals surface area contributed by atoms with Crippen molar-refractivity contribution in [1.82, 2.24) is 10.2 Å². The van der Waals surface area contributed by atoms with Crippen LogP contribution >= 0.6 is 0 Å². The number of likely N-dealkylation sites (N-methyl/N-ethyl adjacent to an activating group) is 1. The molecule has 0 radical (unpaired) electrons. The minimum absolute atomic E-state index is 0.0810. The second-order valence-electron chi connectivity index (χ2n) is 5.89. The molecule has 1 aliphatic rings. The van der Waals surface area contributed by atoms with Crippen LogP contribution in [-0.2, 0) is 11.3 Å². The molecule has 1 saturated heterocycles. The zero-order valence-electron chi connectivity index (χ0n) is 13.0. The molecule has 0 aliphatic carbocycles. The van der Waals surface area contributed by atoms with E-state index in [-0.39, 0.29) is 6.04 Å². The fourth-order valence-corrected chi connectivity index (χ4v) is 3.13. The van der Waals surface area contributed by atoms with Gasteiger partial charge in [0.25, 0.3) is 0 Å². The van der Waals surface area contributed by atoms with E-state index in [0.29, 0.717) is 6.54 Å². The predicted molar refractivity (Wildman–Crippen MR) is 84.3 cm³/mol. The molecule has 2 unspecified atom stereocenters. The Kier molecular flexibility index (Phi) is 5.76. The summed E-state index contributed by atoms with van der Waals surface area (Å²) >= 11 is 0. The van der Waals surface area contributed by atoms with E-state index < -0.39 is 12.0 Å². The molecule has 2 N–H and O–H groups in total. The summed E-state index contributed by atoms with van der Waals surface area (Å²) in [5.41, 5.74) is 2.51. The first-order valence-corrected chi connectivity index (χ1v) is 7.87. The summed E-state index contributed by atoms with van der Waals surface area (Å²) in [7, 11) is 0. The number of hydrogen-bond donors (Lipinski definition) is 2. The Balaban J connectivity index is 2.10. The molecular weight excluding hydrogens is 264 g/mol. The summed E-state index contributed by atoms with van der Waals surface area (Å²) in [4.78, 5) is 13.9. The third-order valence-electron chi connectivity index (χ3n) is 4.25. The second kappa shape index (κ2) is 7.57. The number of nitrogens with zero attached hydrogens (tertiary/aromatic N) is 1. The third kappa shape index (κ3) is 4.29. The molecule has 1 heterocycles. The van der Waals surface area contributed by atoms with E-state index in [2.05, 4.69) is 41.4 Å². The average molecular weight is 290 g/mol. The maximum absolute atomic E-state index is 11.5. The highest BCUT2D eigenvalue weighted by Crippen LogP contribution is 2.22. The molecule has 4 heteroatoms. The highest BCUT2D eigenvalue weighted by molar-refractivity contribution is 5.74. The van der Waals surface area contributed by atoms with E-state index in [1.54, 1.807) is 0 Å². The van der Waals surface area contributed by atoms with Gasteiger partial charge in [0.1, 0.15) is 6.04 Å². The Morgan fingerprint density at radius 2 is 2.10 bits per heavy atom. The molecule has 2 atom stereocenters. The van der Waals surface area contributed by atoms with Gasteiger partial charge in [-0.25, -0.2) is 0 Å². The summed E-state index contributed by atoms with van der Waals surface area (Å²) in [6, 6.07) is 8.13.